The quantitative estimate of drug-likeness (QED) is 0.501. The summed E-state index contributed by atoms with van der Waals surface area (Å²) in [4.78, 5) is 27.1. The maximum Gasteiger partial charge on any atom is 0.242 e. The molecule has 4 rings (SSSR count). The van der Waals surface area contributed by atoms with Gasteiger partial charge < -0.3 is 10.2 Å². The minimum Gasteiger partial charge on any atom is -0.325 e. The Balaban J connectivity index is 1.58. The lowest BCUT2D eigenvalue weighted by Crippen LogP contribution is -2.45. The summed E-state index contributed by atoms with van der Waals surface area (Å²) in [6, 6.07) is 20.3. The second-order valence-electron chi connectivity index (χ2n) is 8.66. The Bertz CT molecular complexity index is 1320. The second kappa shape index (κ2) is 10.4. The SMILES string of the molecule is CCC(=O)N1CCc2cc(S(=O)(=O)N[C@@H](Cc3ccccc3)C(=O)Nc3ccc(C)cc3)ccc21. The molecule has 7 nitrogen and oxygen atoms in total. The summed E-state index contributed by atoms with van der Waals surface area (Å²) in [5, 5.41) is 2.82. The molecule has 0 bridgehead atoms. The molecule has 2 amide bonds. The zero-order chi connectivity index (χ0) is 25.0. The number of rotatable bonds is 8. The number of hydrogen-bond donors (Lipinski definition) is 2. The van der Waals surface area contributed by atoms with E-state index in [-0.39, 0.29) is 17.2 Å². The minimum absolute atomic E-state index is 0.00758. The summed E-state index contributed by atoms with van der Waals surface area (Å²) in [7, 11) is -4.00. The van der Waals surface area contributed by atoms with Crippen molar-refractivity contribution < 1.29 is 18.0 Å². The summed E-state index contributed by atoms with van der Waals surface area (Å²) >= 11 is 0. The number of carbonyl (C=O) groups is 2. The molecule has 0 saturated heterocycles. The molecule has 3 aromatic carbocycles. The highest BCUT2D eigenvalue weighted by Crippen LogP contribution is 2.30. The summed E-state index contributed by atoms with van der Waals surface area (Å²) in [5.41, 5.74) is 4.03. The van der Waals surface area contributed by atoms with E-state index in [1.807, 2.05) is 49.4 Å². The first-order chi connectivity index (χ1) is 16.8. The molecule has 0 unspecified atom stereocenters. The second-order valence-corrected chi connectivity index (χ2v) is 10.4. The first kappa shape index (κ1) is 24.6. The topological polar surface area (TPSA) is 95.6 Å². The van der Waals surface area contributed by atoms with Gasteiger partial charge in [-0.25, -0.2) is 8.42 Å². The fourth-order valence-electron chi connectivity index (χ4n) is 4.15. The number of anilines is 2. The maximum atomic E-state index is 13.3. The van der Waals surface area contributed by atoms with Gasteiger partial charge in [0.1, 0.15) is 6.04 Å². The van der Waals surface area contributed by atoms with Crippen LogP contribution in [0.2, 0.25) is 0 Å². The van der Waals surface area contributed by atoms with E-state index in [2.05, 4.69) is 10.0 Å². The number of nitrogens with one attached hydrogen (secondary N) is 2. The predicted molar refractivity (Wildman–Crippen MR) is 137 cm³/mol. The Morgan fingerprint density at radius 3 is 2.40 bits per heavy atom. The number of nitrogens with zero attached hydrogens (tertiary/aromatic N) is 1. The number of fused-ring (bicyclic) bond motifs is 1. The summed E-state index contributed by atoms with van der Waals surface area (Å²) < 4.78 is 29.3. The van der Waals surface area contributed by atoms with Gasteiger partial charge in [0.15, 0.2) is 0 Å². The van der Waals surface area contributed by atoms with E-state index in [1.165, 1.54) is 6.07 Å². The average Bonchev–Trinajstić information content (AvgIpc) is 3.28. The summed E-state index contributed by atoms with van der Waals surface area (Å²) in [6.45, 7) is 4.29. The number of carbonyl (C=O) groups excluding carboxylic acids is 2. The van der Waals surface area contributed by atoms with Crippen molar-refractivity contribution in [3.8, 4) is 0 Å². The van der Waals surface area contributed by atoms with Crippen LogP contribution in [0.25, 0.3) is 0 Å². The molecule has 182 valence electrons. The van der Waals surface area contributed by atoms with Crippen molar-refractivity contribution in [1.82, 2.24) is 4.72 Å². The van der Waals surface area contributed by atoms with Gasteiger partial charge in [-0.15, -0.1) is 0 Å². The molecule has 35 heavy (non-hydrogen) atoms. The molecule has 1 heterocycles. The van der Waals surface area contributed by atoms with Gasteiger partial charge >= 0.3 is 0 Å². The Morgan fingerprint density at radius 1 is 1.00 bits per heavy atom. The highest BCUT2D eigenvalue weighted by atomic mass is 32.2. The molecule has 3 aromatic rings. The molecule has 1 aliphatic heterocycles. The van der Waals surface area contributed by atoms with Gasteiger partial charge in [-0.3, -0.25) is 9.59 Å². The van der Waals surface area contributed by atoms with Gasteiger partial charge in [-0.1, -0.05) is 55.0 Å². The van der Waals surface area contributed by atoms with Gasteiger partial charge in [-0.05, 0) is 61.2 Å². The standard InChI is InChI=1S/C27H29N3O4S/c1-3-26(31)30-16-15-21-18-23(13-14-25(21)30)35(33,34)29-24(17-20-7-5-4-6-8-20)27(32)28-22-11-9-19(2)10-12-22/h4-14,18,24,29H,3,15-17H2,1-2H3,(H,28,32)/t24-/m0/s1. The smallest absolute Gasteiger partial charge is 0.242 e. The number of benzene rings is 3. The zero-order valence-electron chi connectivity index (χ0n) is 19.8. The largest absolute Gasteiger partial charge is 0.325 e. The predicted octanol–water partition coefficient (Wildman–Crippen LogP) is 3.82. The summed E-state index contributed by atoms with van der Waals surface area (Å²) in [5.74, 6) is -0.435. The van der Waals surface area contributed by atoms with Gasteiger partial charge in [0.25, 0.3) is 0 Å². The lowest BCUT2D eigenvalue weighted by atomic mass is 10.1. The third-order valence-electron chi connectivity index (χ3n) is 6.08. The summed E-state index contributed by atoms with van der Waals surface area (Å²) in [6.07, 6.45) is 1.17. The van der Waals surface area contributed by atoms with Crippen molar-refractivity contribution in [3.63, 3.8) is 0 Å². The van der Waals surface area contributed by atoms with E-state index < -0.39 is 22.0 Å². The van der Waals surface area contributed by atoms with E-state index in [9.17, 15) is 18.0 Å². The van der Waals surface area contributed by atoms with Crippen molar-refractivity contribution in [3.05, 3.63) is 89.5 Å². The molecule has 0 radical (unpaired) electrons. The first-order valence-corrected chi connectivity index (χ1v) is 13.1. The van der Waals surface area contributed by atoms with Gasteiger partial charge in [-0.2, -0.15) is 4.72 Å². The Labute approximate surface area is 206 Å². The van der Waals surface area contributed by atoms with Crippen LogP contribution in [-0.4, -0.2) is 32.8 Å². The van der Waals surface area contributed by atoms with E-state index in [1.54, 1.807) is 36.1 Å². The van der Waals surface area contributed by atoms with Crippen molar-refractivity contribution >= 4 is 33.2 Å². The van der Waals surface area contributed by atoms with Gasteiger partial charge in [0.05, 0.1) is 4.90 Å². The molecule has 0 saturated carbocycles. The minimum atomic E-state index is -4.00. The Hall–Kier alpha value is -3.49. The maximum absolute atomic E-state index is 13.3. The molecule has 8 heteroatoms. The highest BCUT2D eigenvalue weighted by molar-refractivity contribution is 7.89. The molecule has 1 atom stereocenters. The molecular formula is C27H29N3O4S. The Morgan fingerprint density at radius 2 is 1.71 bits per heavy atom. The molecule has 0 fully saturated rings. The zero-order valence-corrected chi connectivity index (χ0v) is 20.6. The van der Waals surface area contributed by atoms with E-state index in [0.29, 0.717) is 25.1 Å². The molecule has 0 aromatic heterocycles. The number of sulfonamides is 1. The fraction of sp³-hybridized carbons (Fsp3) is 0.259. The third kappa shape index (κ3) is 5.78. The molecule has 2 N–H and O–H groups in total. The highest BCUT2D eigenvalue weighted by Gasteiger charge is 2.29. The lowest BCUT2D eigenvalue weighted by Gasteiger charge is -2.20. The van der Waals surface area contributed by atoms with Crippen LogP contribution in [-0.2, 0) is 32.5 Å². The van der Waals surface area contributed by atoms with Gasteiger partial charge in [0.2, 0.25) is 21.8 Å². The van der Waals surface area contributed by atoms with Crippen LogP contribution < -0.4 is 14.9 Å². The normalized spacial score (nSPS) is 13.8. The lowest BCUT2D eigenvalue weighted by molar-refractivity contribution is -0.118. The first-order valence-electron chi connectivity index (χ1n) is 11.6. The fourth-order valence-corrected chi connectivity index (χ4v) is 5.40. The van der Waals surface area contributed by atoms with Crippen molar-refractivity contribution in [1.29, 1.82) is 0 Å². The van der Waals surface area contributed by atoms with Crippen LogP contribution in [0.4, 0.5) is 11.4 Å². The van der Waals surface area contributed by atoms with Crippen LogP contribution in [0.1, 0.15) is 30.0 Å². The van der Waals surface area contributed by atoms with Crippen LogP contribution in [0.3, 0.4) is 0 Å². The van der Waals surface area contributed by atoms with Crippen LogP contribution >= 0.6 is 0 Å². The van der Waals surface area contributed by atoms with Crippen molar-refractivity contribution in [2.45, 2.75) is 44.0 Å². The molecule has 0 spiro atoms. The number of hydrogen-bond acceptors (Lipinski definition) is 4. The van der Waals surface area contributed by atoms with Crippen molar-refractivity contribution in [2.24, 2.45) is 0 Å². The molecule has 1 aliphatic rings. The van der Waals surface area contributed by atoms with E-state index >= 15 is 0 Å². The third-order valence-corrected chi connectivity index (χ3v) is 7.55. The Kier molecular flexibility index (Phi) is 7.33. The average molecular weight is 492 g/mol. The van der Waals surface area contributed by atoms with Crippen molar-refractivity contribution in [2.75, 3.05) is 16.8 Å². The molecule has 0 aliphatic carbocycles. The monoisotopic (exact) mass is 491 g/mol. The molecular weight excluding hydrogens is 462 g/mol. The van der Waals surface area contributed by atoms with Crippen LogP contribution in [0.5, 0.6) is 0 Å². The van der Waals surface area contributed by atoms with Gasteiger partial charge in [0, 0.05) is 24.3 Å². The van der Waals surface area contributed by atoms with E-state index in [0.717, 1.165) is 22.4 Å². The number of amides is 2. The van der Waals surface area contributed by atoms with Crippen LogP contribution in [0, 0.1) is 6.92 Å². The van der Waals surface area contributed by atoms with E-state index in [4.69, 9.17) is 0 Å². The van der Waals surface area contributed by atoms with Crippen LogP contribution in [0.15, 0.2) is 77.7 Å². The number of aryl methyl sites for hydroxylation is 1.